The van der Waals surface area contributed by atoms with Crippen molar-refractivity contribution in [3.05, 3.63) is 170 Å². The molecule has 0 saturated heterocycles. The summed E-state index contributed by atoms with van der Waals surface area (Å²) in [5.41, 5.74) is 9.13. The van der Waals surface area contributed by atoms with Crippen LogP contribution in [0.15, 0.2) is 175 Å². The van der Waals surface area contributed by atoms with Crippen molar-refractivity contribution >= 4 is 43.5 Å². The smallest absolute Gasteiger partial charge is 0.164 e. The number of rotatable bonds is 5. The van der Waals surface area contributed by atoms with Crippen molar-refractivity contribution in [2.24, 2.45) is 0 Å². The number of aromatic nitrogens is 4. The molecule has 0 unspecified atom stereocenters. The fourth-order valence-corrected chi connectivity index (χ4v) is 7.32. The SMILES string of the molecule is c1ccc(-c2nc(-c3ccccc3)nc(-c3ccc(-c4ccc(-c5cccc6oc7ccncc7c56)c5ccccc45)c4ccccc34)n2)cc1. The summed E-state index contributed by atoms with van der Waals surface area (Å²) in [7, 11) is 0. The van der Waals surface area contributed by atoms with E-state index in [1.807, 2.05) is 79.0 Å². The molecule has 5 nitrogen and oxygen atoms in total. The van der Waals surface area contributed by atoms with E-state index in [9.17, 15) is 0 Å². The highest BCUT2D eigenvalue weighted by Gasteiger charge is 2.19. The van der Waals surface area contributed by atoms with Gasteiger partial charge < -0.3 is 4.42 Å². The van der Waals surface area contributed by atoms with Gasteiger partial charge in [0.25, 0.3) is 0 Å². The molecule has 0 aliphatic carbocycles. The predicted octanol–water partition coefficient (Wildman–Crippen LogP) is 11.8. The first-order valence-corrected chi connectivity index (χ1v) is 17.0. The average Bonchev–Trinajstić information content (AvgIpc) is 3.60. The predicted molar refractivity (Wildman–Crippen MR) is 207 cm³/mol. The van der Waals surface area contributed by atoms with Gasteiger partial charge in [0.15, 0.2) is 17.5 Å². The van der Waals surface area contributed by atoms with Crippen LogP contribution < -0.4 is 0 Å². The molecule has 0 bridgehead atoms. The molecule has 0 aliphatic heterocycles. The quantitative estimate of drug-likeness (QED) is 0.185. The third-order valence-electron chi connectivity index (χ3n) is 9.67. The van der Waals surface area contributed by atoms with Crippen LogP contribution in [0.5, 0.6) is 0 Å². The Morgan fingerprint density at radius 2 is 0.824 bits per heavy atom. The number of pyridine rings is 1. The average molecular weight is 653 g/mol. The third-order valence-corrected chi connectivity index (χ3v) is 9.67. The molecule has 7 aromatic carbocycles. The zero-order valence-corrected chi connectivity index (χ0v) is 27.4. The van der Waals surface area contributed by atoms with Crippen molar-refractivity contribution in [3.8, 4) is 56.4 Å². The molecule has 5 heteroatoms. The van der Waals surface area contributed by atoms with Gasteiger partial charge in [-0.15, -0.1) is 0 Å². The van der Waals surface area contributed by atoms with E-state index in [1.54, 1.807) is 6.20 Å². The van der Waals surface area contributed by atoms with Gasteiger partial charge in [-0.3, -0.25) is 4.98 Å². The molecule has 0 fully saturated rings. The number of furan rings is 1. The van der Waals surface area contributed by atoms with Gasteiger partial charge >= 0.3 is 0 Å². The molecule has 238 valence electrons. The lowest BCUT2D eigenvalue weighted by Crippen LogP contribution is -2.00. The van der Waals surface area contributed by atoms with Crippen molar-refractivity contribution in [3.63, 3.8) is 0 Å². The lowest BCUT2D eigenvalue weighted by Gasteiger charge is -2.16. The van der Waals surface area contributed by atoms with Crippen LogP contribution in [0.25, 0.3) is 99.9 Å². The Bertz CT molecular complexity index is 2860. The standard InChI is InChI=1S/C46H28N4O/c1-3-12-29(13-4-1)44-48-45(30-14-5-2-6-15-30)50-46(49-44)39-25-24-36(33-18-9-10-19-34(33)39)35-22-23-37(32-17-8-7-16-31(32)35)38-20-11-21-42-43(38)40-28-47-27-26-41(40)51-42/h1-28H. The highest BCUT2D eigenvalue weighted by atomic mass is 16.3. The van der Waals surface area contributed by atoms with Gasteiger partial charge in [-0.25, -0.2) is 15.0 Å². The van der Waals surface area contributed by atoms with Crippen LogP contribution in [-0.4, -0.2) is 19.9 Å². The molecule has 10 rings (SSSR count). The van der Waals surface area contributed by atoms with E-state index in [0.29, 0.717) is 17.5 Å². The summed E-state index contributed by atoms with van der Waals surface area (Å²) in [6, 6.07) is 54.5. The largest absolute Gasteiger partial charge is 0.456 e. The summed E-state index contributed by atoms with van der Waals surface area (Å²) in [5, 5.41) is 6.65. The maximum atomic E-state index is 6.23. The molecule has 0 atom stereocenters. The molecule has 0 saturated carbocycles. The second-order valence-electron chi connectivity index (χ2n) is 12.6. The van der Waals surface area contributed by atoms with Gasteiger partial charge in [-0.2, -0.15) is 0 Å². The summed E-state index contributed by atoms with van der Waals surface area (Å²) in [6.45, 7) is 0. The van der Waals surface area contributed by atoms with Gasteiger partial charge in [-0.1, -0.05) is 140 Å². The molecule has 0 aliphatic rings. The molecule has 0 amide bonds. The number of benzene rings is 7. The number of nitrogens with zero attached hydrogens (tertiary/aromatic N) is 4. The molecule has 3 aromatic heterocycles. The number of hydrogen-bond donors (Lipinski definition) is 0. The minimum absolute atomic E-state index is 0.639. The van der Waals surface area contributed by atoms with E-state index in [-0.39, 0.29) is 0 Å². The zero-order chi connectivity index (χ0) is 33.7. The molecule has 0 spiro atoms. The van der Waals surface area contributed by atoms with Crippen molar-refractivity contribution in [1.29, 1.82) is 0 Å². The minimum atomic E-state index is 0.639. The van der Waals surface area contributed by atoms with Crippen LogP contribution >= 0.6 is 0 Å². The molecule has 51 heavy (non-hydrogen) atoms. The van der Waals surface area contributed by atoms with Crippen molar-refractivity contribution < 1.29 is 4.42 Å². The van der Waals surface area contributed by atoms with Crippen molar-refractivity contribution in [2.75, 3.05) is 0 Å². The topological polar surface area (TPSA) is 64.7 Å². The third kappa shape index (κ3) is 4.86. The van der Waals surface area contributed by atoms with E-state index in [4.69, 9.17) is 19.4 Å². The lowest BCUT2D eigenvalue weighted by atomic mass is 9.88. The van der Waals surface area contributed by atoms with Crippen LogP contribution in [-0.2, 0) is 0 Å². The second kappa shape index (κ2) is 11.9. The molecular formula is C46H28N4O. The first-order chi connectivity index (χ1) is 25.3. The van der Waals surface area contributed by atoms with Gasteiger partial charge in [0, 0.05) is 39.9 Å². The fourth-order valence-electron chi connectivity index (χ4n) is 7.32. The van der Waals surface area contributed by atoms with Crippen molar-refractivity contribution in [2.45, 2.75) is 0 Å². The summed E-state index contributed by atoms with van der Waals surface area (Å²) >= 11 is 0. The Kier molecular flexibility index (Phi) is 6.74. The Labute approximate surface area is 293 Å². The van der Waals surface area contributed by atoms with E-state index in [2.05, 4.69) is 89.9 Å². The van der Waals surface area contributed by atoms with Gasteiger partial charge in [0.2, 0.25) is 0 Å². The Morgan fingerprint density at radius 3 is 1.41 bits per heavy atom. The van der Waals surface area contributed by atoms with E-state index < -0.39 is 0 Å². The Morgan fingerprint density at radius 1 is 0.333 bits per heavy atom. The van der Waals surface area contributed by atoms with Gasteiger partial charge in [0.1, 0.15) is 11.2 Å². The van der Waals surface area contributed by atoms with Gasteiger partial charge in [-0.05, 0) is 62.0 Å². The summed E-state index contributed by atoms with van der Waals surface area (Å²) < 4.78 is 6.23. The van der Waals surface area contributed by atoms with Gasteiger partial charge in [0.05, 0.1) is 0 Å². The lowest BCUT2D eigenvalue weighted by molar-refractivity contribution is 0.668. The molecule has 0 N–H and O–H groups in total. The molecule has 0 radical (unpaired) electrons. The molecule has 3 heterocycles. The monoisotopic (exact) mass is 652 g/mol. The van der Waals surface area contributed by atoms with Crippen LogP contribution in [0.2, 0.25) is 0 Å². The highest BCUT2D eigenvalue weighted by molar-refractivity contribution is 6.17. The highest BCUT2D eigenvalue weighted by Crippen LogP contribution is 2.43. The summed E-state index contributed by atoms with van der Waals surface area (Å²) in [6.07, 6.45) is 3.67. The maximum Gasteiger partial charge on any atom is 0.164 e. The number of fused-ring (bicyclic) bond motifs is 5. The second-order valence-corrected chi connectivity index (χ2v) is 12.6. The minimum Gasteiger partial charge on any atom is -0.456 e. The normalized spacial score (nSPS) is 11.5. The summed E-state index contributed by atoms with van der Waals surface area (Å²) in [5.74, 6) is 1.93. The zero-order valence-electron chi connectivity index (χ0n) is 27.4. The van der Waals surface area contributed by atoms with Crippen LogP contribution in [0.4, 0.5) is 0 Å². The van der Waals surface area contributed by atoms with E-state index in [0.717, 1.165) is 71.7 Å². The Balaban J connectivity index is 1.17. The van der Waals surface area contributed by atoms with E-state index >= 15 is 0 Å². The van der Waals surface area contributed by atoms with Crippen LogP contribution in [0.1, 0.15) is 0 Å². The first kappa shape index (κ1) is 29.0. The van der Waals surface area contributed by atoms with Crippen molar-refractivity contribution in [1.82, 2.24) is 19.9 Å². The van der Waals surface area contributed by atoms with E-state index in [1.165, 1.54) is 10.8 Å². The Hall–Kier alpha value is -6.98. The fraction of sp³-hybridized carbons (Fsp3) is 0. The summed E-state index contributed by atoms with van der Waals surface area (Å²) in [4.78, 5) is 19.4. The van der Waals surface area contributed by atoms with Crippen LogP contribution in [0.3, 0.4) is 0 Å². The number of hydrogen-bond acceptors (Lipinski definition) is 5. The first-order valence-electron chi connectivity index (χ1n) is 17.0. The molecular weight excluding hydrogens is 625 g/mol. The van der Waals surface area contributed by atoms with Crippen LogP contribution in [0, 0.1) is 0 Å². The maximum absolute atomic E-state index is 6.23. The molecule has 10 aromatic rings.